The van der Waals surface area contributed by atoms with Crippen molar-refractivity contribution in [3.63, 3.8) is 0 Å². The molecule has 0 radical (unpaired) electrons. The molecule has 1 saturated heterocycles. The van der Waals surface area contributed by atoms with Gasteiger partial charge in [-0.05, 0) is 19.4 Å². The predicted molar refractivity (Wildman–Crippen MR) is 74.8 cm³/mol. The molecule has 0 bridgehead atoms. The van der Waals surface area contributed by atoms with Gasteiger partial charge in [0.05, 0.1) is 19.3 Å². The van der Waals surface area contributed by atoms with Crippen molar-refractivity contribution in [2.75, 3.05) is 19.7 Å². The second kappa shape index (κ2) is 7.12. The molecule has 0 N–H and O–H groups in total. The van der Waals surface area contributed by atoms with Gasteiger partial charge < -0.3 is 9.15 Å². The third kappa shape index (κ3) is 4.40. The van der Waals surface area contributed by atoms with Crippen molar-refractivity contribution in [3.8, 4) is 5.88 Å². The number of alkyl halides is 3. The molecule has 24 heavy (non-hydrogen) atoms. The summed E-state index contributed by atoms with van der Waals surface area (Å²) in [6, 6.07) is 0. The van der Waals surface area contributed by atoms with Crippen LogP contribution in [0, 0.1) is 5.92 Å². The summed E-state index contributed by atoms with van der Waals surface area (Å²) in [5.74, 6) is -0.623. The van der Waals surface area contributed by atoms with Gasteiger partial charge >= 0.3 is 12.1 Å². The fourth-order valence-corrected chi connectivity index (χ4v) is 2.62. The van der Waals surface area contributed by atoms with E-state index in [1.165, 1.54) is 6.20 Å². The Morgan fingerprint density at radius 2 is 2.17 bits per heavy atom. The van der Waals surface area contributed by atoms with Crippen LogP contribution in [0.15, 0.2) is 23.0 Å². The molecule has 10 heteroatoms. The Balaban J connectivity index is 1.51. The highest BCUT2D eigenvalue weighted by molar-refractivity contribution is 5.01. The molecule has 0 aliphatic carbocycles. The number of nitrogens with zero attached hydrogens (tertiary/aromatic N) is 5. The van der Waals surface area contributed by atoms with Crippen molar-refractivity contribution in [3.05, 3.63) is 30.4 Å². The highest BCUT2D eigenvalue weighted by Crippen LogP contribution is 2.28. The third-order valence-corrected chi connectivity index (χ3v) is 3.68. The summed E-state index contributed by atoms with van der Waals surface area (Å²) in [4.78, 5) is 9.95. The molecule has 1 aliphatic heterocycles. The Morgan fingerprint density at radius 3 is 2.88 bits per heavy atom. The lowest BCUT2D eigenvalue weighted by atomic mass is 9.99. The molecule has 7 nitrogen and oxygen atoms in total. The van der Waals surface area contributed by atoms with E-state index in [4.69, 9.17) is 4.74 Å². The van der Waals surface area contributed by atoms with Crippen molar-refractivity contribution in [1.29, 1.82) is 0 Å². The fraction of sp³-hybridized carbons (Fsp3) is 0.571. The highest BCUT2D eigenvalue weighted by Gasteiger charge is 2.38. The van der Waals surface area contributed by atoms with E-state index in [1.807, 2.05) is 4.90 Å². The number of hydrogen-bond acceptors (Lipinski definition) is 7. The Morgan fingerprint density at radius 1 is 1.29 bits per heavy atom. The zero-order valence-corrected chi connectivity index (χ0v) is 12.7. The molecule has 0 aromatic carbocycles. The summed E-state index contributed by atoms with van der Waals surface area (Å²) in [5, 5.41) is 6.51. The maximum Gasteiger partial charge on any atom is 0.470 e. The number of ether oxygens (including phenoxy) is 1. The van der Waals surface area contributed by atoms with Gasteiger partial charge in [0.25, 0.3) is 0 Å². The van der Waals surface area contributed by atoms with Gasteiger partial charge in [-0.2, -0.15) is 13.2 Å². The lowest BCUT2D eigenvalue weighted by Gasteiger charge is -2.31. The Kier molecular flexibility index (Phi) is 4.93. The molecule has 2 aromatic rings. The van der Waals surface area contributed by atoms with Crippen LogP contribution < -0.4 is 4.74 Å². The van der Waals surface area contributed by atoms with Crippen molar-refractivity contribution in [1.82, 2.24) is 25.1 Å². The number of piperidine rings is 1. The zero-order chi connectivity index (χ0) is 17.0. The topological polar surface area (TPSA) is 77.2 Å². The van der Waals surface area contributed by atoms with Crippen LogP contribution in [0.3, 0.4) is 0 Å². The van der Waals surface area contributed by atoms with Crippen LogP contribution in [-0.4, -0.2) is 44.8 Å². The van der Waals surface area contributed by atoms with Crippen LogP contribution in [0.5, 0.6) is 5.88 Å². The molecule has 1 aliphatic rings. The summed E-state index contributed by atoms with van der Waals surface area (Å²) in [7, 11) is 0. The standard InChI is InChI=1S/C14H16F3N5O2/c15-14(16,17)13-21-20-12(24-13)8-22-5-1-2-10(7-22)9-23-11-6-18-3-4-19-11/h3-4,6,10H,1-2,5,7-9H2. The van der Waals surface area contributed by atoms with Gasteiger partial charge in [-0.1, -0.05) is 0 Å². The predicted octanol–water partition coefficient (Wildman–Crippen LogP) is 2.17. The second-order valence-corrected chi connectivity index (χ2v) is 5.60. The molecule has 130 valence electrons. The average Bonchev–Trinajstić information content (AvgIpc) is 3.03. The van der Waals surface area contributed by atoms with Crippen LogP contribution in [0.25, 0.3) is 0 Å². The molecule has 3 heterocycles. The summed E-state index contributed by atoms with van der Waals surface area (Å²) >= 11 is 0. The van der Waals surface area contributed by atoms with E-state index < -0.39 is 12.1 Å². The van der Waals surface area contributed by atoms with Crippen LogP contribution in [0.2, 0.25) is 0 Å². The van der Waals surface area contributed by atoms with Crippen LogP contribution >= 0.6 is 0 Å². The van der Waals surface area contributed by atoms with Crippen LogP contribution in [0.1, 0.15) is 24.6 Å². The van der Waals surface area contributed by atoms with E-state index in [9.17, 15) is 13.2 Å². The molecular weight excluding hydrogens is 327 g/mol. The number of rotatable bonds is 5. The molecule has 1 fully saturated rings. The van der Waals surface area contributed by atoms with E-state index in [1.54, 1.807) is 12.4 Å². The van der Waals surface area contributed by atoms with E-state index in [0.29, 0.717) is 19.0 Å². The molecular formula is C14H16F3N5O2. The molecule has 1 unspecified atom stereocenters. The average molecular weight is 343 g/mol. The number of likely N-dealkylation sites (tertiary alicyclic amines) is 1. The molecule has 0 saturated carbocycles. The van der Waals surface area contributed by atoms with Crippen LogP contribution in [-0.2, 0) is 12.7 Å². The van der Waals surface area contributed by atoms with Gasteiger partial charge in [0.15, 0.2) is 0 Å². The highest BCUT2D eigenvalue weighted by atomic mass is 19.4. The number of halogens is 3. The van der Waals surface area contributed by atoms with Crippen molar-refractivity contribution < 1.29 is 22.3 Å². The Bertz CT molecular complexity index is 649. The van der Waals surface area contributed by atoms with Gasteiger partial charge in [0.2, 0.25) is 11.8 Å². The van der Waals surface area contributed by atoms with Crippen molar-refractivity contribution in [2.24, 2.45) is 5.92 Å². The van der Waals surface area contributed by atoms with Gasteiger partial charge in [0.1, 0.15) is 0 Å². The SMILES string of the molecule is FC(F)(F)c1nnc(CN2CCCC(COc3cnccn3)C2)o1. The van der Waals surface area contributed by atoms with E-state index in [2.05, 4.69) is 24.6 Å². The maximum absolute atomic E-state index is 12.5. The smallest absolute Gasteiger partial charge is 0.470 e. The summed E-state index contributed by atoms with van der Waals surface area (Å²) < 4.78 is 47.7. The minimum absolute atomic E-state index is 0.0298. The second-order valence-electron chi connectivity index (χ2n) is 5.60. The van der Waals surface area contributed by atoms with Gasteiger partial charge in [0, 0.05) is 24.9 Å². The normalized spacial score (nSPS) is 19.4. The summed E-state index contributed by atoms with van der Waals surface area (Å²) in [6.07, 6.45) is 1.95. The summed E-state index contributed by atoms with van der Waals surface area (Å²) in [6.45, 7) is 2.13. The molecule has 2 aromatic heterocycles. The van der Waals surface area contributed by atoms with E-state index in [0.717, 1.165) is 19.4 Å². The Hall–Kier alpha value is -2.23. The molecule has 0 amide bonds. The first kappa shape index (κ1) is 16.6. The molecule has 1 atom stereocenters. The fourth-order valence-electron chi connectivity index (χ4n) is 2.62. The maximum atomic E-state index is 12.5. The first-order chi connectivity index (χ1) is 11.5. The lowest BCUT2D eigenvalue weighted by Crippen LogP contribution is -2.37. The Labute approximate surface area is 135 Å². The van der Waals surface area contributed by atoms with Gasteiger partial charge in [-0.3, -0.25) is 9.88 Å². The number of hydrogen-bond donors (Lipinski definition) is 0. The van der Waals surface area contributed by atoms with Crippen LogP contribution in [0.4, 0.5) is 13.2 Å². The number of aromatic nitrogens is 4. The van der Waals surface area contributed by atoms with E-state index >= 15 is 0 Å². The van der Waals surface area contributed by atoms with Gasteiger partial charge in [-0.25, -0.2) is 4.98 Å². The zero-order valence-electron chi connectivity index (χ0n) is 12.7. The minimum atomic E-state index is -4.61. The monoisotopic (exact) mass is 343 g/mol. The van der Waals surface area contributed by atoms with Crippen molar-refractivity contribution in [2.45, 2.75) is 25.6 Å². The molecule has 0 spiro atoms. The first-order valence-electron chi connectivity index (χ1n) is 7.51. The largest absolute Gasteiger partial charge is 0.476 e. The first-order valence-corrected chi connectivity index (χ1v) is 7.51. The quantitative estimate of drug-likeness (QED) is 0.823. The minimum Gasteiger partial charge on any atom is -0.476 e. The van der Waals surface area contributed by atoms with E-state index in [-0.39, 0.29) is 18.4 Å². The third-order valence-electron chi connectivity index (χ3n) is 3.68. The molecule has 3 rings (SSSR count). The lowest BCUT2D eigenvalue weighted by molar-refractivity contribution is -0.157. The summed E-state index contributed by atoms with van der Waals surface area (Å²) in [5.41, 5.74) is 0. The van der Waals surface area contributed by atoms with Gasteiger partial charge in [-0.15, -0.1) is 10.2 Å². The van der Waals surface area contributed by atoms with Crippen molar-refractivity contribution >= 4 is 0 Å².